The van der Waals surface area contributed by atoms with Gasteiger partial charge in [-0.15, -0.1) is 10.2 Å². The molecule has 4 aromatic rings. The summed E-state index contributed by atoms with van der Waals surface area (Å²) in [4.78, 5) is 30.3. The highest BCUT2D eigenvalue weighted by Gasteiger charge is 2.31. The fourth-order valence-electron chi connectivity index (χ4n) is 3.59. The highest BCUT2D eigenvalue weighted by atomic mass is 32.1. The molecule has 5 rings (SSSR count). The maximum absolute atomic E-state index is 12.5. The molecule has 1 amide bonds. The van der Waals surface area contributed by atoms with Crippen LogP contribution in [0.4, 0.5) is 11.5 Å². The molecular weight excluding hydrogens is 424 g/mol. The van der Waals surface area contributed by atoms with Crippen LogP contribution in [0.25, 0.3) is 21.6 Å². The molecule has 0 aromatic carbocycles. The number of aryl methyl sites for hydroxylation is 1. The van der Waals surface area contributed by atoms with E-state index in [0.29, 0.717) is 17.4 Å². The summed E-state index contributed by atoms with van der Waals surface area (Å²) in [5, 5.41) is 13.9. The zero-order valence-corrected chi connectivity index (χ0v) is 18.8. The second-order valence-electron chi connectivity index (χ2n) is 7.96. The first-order chi connectivity index (χ1) is 15.5. The molecule has 0 saturated carbocycles. The molecule has 0 unspecified atom stereocenters. The van der Waals surface area contributed by atoms with Crippen LogP contribution in [0.5, 0.6) is 0 Å². The van der Waals surface area contributed by atoms with Crippen molar-refractivity contribution in [3.63, 3.8) is 0 Å². The monoisotopic (exact) mass is 446 g/mol. The molecule has 0 radical (unpaired) electrons. The molecule has 5 heterocycles. The van der Waals surface area contributed by atoms with Gasteiger partial charge in [-0.2, -0.15) is 0 Å². The molecule has 4 aromatic heterocycles. The van der Waals surface area contributed by atoms with Gasteiger partial charge in [0.15, 0.2) is 5.01 Å². The number of nitrogens with zero attached hydrogens (tertiary/aromatic N) is 7. The number of hydrogen-bond acceptors (Lipinski definition) is 9. The van der Waals surface area contributed by atoms with E-state index in [-0.39, 0.29) is 5.91 Å². The normalized spacial score (nSPS) is 14.1. The van der Waals surface area contributed by atoms with Gasteiger partial charge >= 0.3 is 0 Å². The third kappa shape index (κ3) is 3.90. The van der Waals surface area contributed by atoms with E-state index in [4.69, 9.17) is 4.98 Å². The van der Waals surface area contributed by atoms with E-state index in [9.17, 15) is 4.79 Å². The van der Waals surface area contributed by atoms with Gasteiger partial charge in [-0.3, -0.25) is 9.78 Å². The molecule has 0 spiro atoms. The van der Waals surface area contributed by atoms with E-state index < -0.39 is 0 Å². The van der Waals surface area contributed by atoms with Crippen molar-refractivity contribution in [2.24, 2.45) is 0 Å². The molecule has 1 aliphatic rings. The quantitative estimate of drug-likeness (QED) is 0.500. The standard InChI is InChI=1S/C22H22N8OS/c1-13-27-28-22(32-13)20-18(30-11-16(12-30)29(2)3)8-15-10-24-19(9-17(15)25-20)26-21(31)14-4-6-23-7-5-14/h4-10,16H,11-12H2,1-3H3,(H,24,26,31). The van der Waals surface area contributed by atoms with Crippen molar-refractivity contribution in [1.29, 1.82) is 0 Å². The maximum atomic E-state index is 12.5. The summed E-state index contributed by atoms with van der Waals surface area (Å²) in [5.41, 5.74) is 3.09. The lowest BCUT2D eigenvalue weighted by molar-refractivity contribution is 0.102. The van der Waals surface area contributed by atoms with Gasteiger partial charge in [0, 0.05) is 54.7 Å². The molecule has 10 heteroatoms. The van der Waals surface area contributed by atoms with Crippen LogP contribution >= 0.6 is 11.3 Å². The van der Waals surface area contributed by atoms with Gasteiger partial charge in [-0.1, -0.05) is 11.3 Å². The third-order valence-electron chi connectivity index (χ3n) is 5.52. The predicted octanol–water partition coefficient (Wildman–Crippen LogP) is 2.85. The van der Waals surface area contributed by atoms with E-state index in [2.05, 4.69) is 55.4 Å². The van der Waals surface area contributed by atoms with E-state index in [1.165, 1.54) is 11.3 Å². The zero-order chi connectivity index (χ0) is 22.2. The molecule has 0 aliphatic carbocycles. The number of carbonyl (C=O) groups is 1. The minimum Gasteiger partial charge on any atom is -0.366 e. The highest BCUT2D eigenvalue weighted by Crippen LogP contribution is 2.36. The van der Waals surface area contributed by atoms with Crippen molar-refractivity contribution in [1.82, 2.24) is 30.0 Å². The Morgan fingerprint density at radius 1 is 1.19 bits per heavy atom. The van der Waals surface area contributed by atoms with E-state index in [1.54, 1.807) is 36.8 Å². The lowest BCUT2D eigenvalue weighted by Crippen LogP contribution is -2.57. The Bertz CT molecular complexity index is 1280. The Balaban J connectivity index is 1.51. The number of anilines is 2. The number of amides is 1. The van der Waals surface area contributed by atoms with Crippen LogP contribution in [0.15, 0.2) is 42.9 Å². The summed E-state index contributed by atoms with van der Waals surface area (Å²) in [6, 6.07) is 7.71. The minimum absolute atomic E-state index is 0.244. The van der Waals surface area contributed by atoms with Crippen LogP contribution in [0, 0.1) is 6.92 Å². The van der Waals surface area contributed by atoms with Crippen LogP contribution in [0.3, 0.4) is 0 Å². The molecule has 9 nitrogen and oxygen atoms in total. The predicted molar refractivity (Wildman–Crippen MR) is 125 cm³/mol. The van der Waals surface area contributed by atoms with Crippen LogP contribution in [0.1, 0.15) is 15.4 Å². The fraction of sp³-hybridized carbons (Fsp3) is 0.273. The van der Waals surface area contributed by atoms with Gasteiger partial charge in [0.1, 0.15) is 16.5 Å². The van der Waals surface area contributed by atoms with Crippen molar-refractivity contribution in [2.45, 2.75) is 13.0 Å². The Morgan fingerprint density at radius 2 is 1.97 bits per heavy atom. The van der Waals surface area contributed by atoms with Crippen LogP contribution < -0.4 is 10.2 Å². The van der Waals surface area contributed by atoms with Crippen LogP contribution in [-0.2, 0) is 0 Å². The molecule has 32 heavy (non-hydrogen) atoms. The number of carbonyl (C=O) groups excluding carboxylic acids is 1. The van der Waals surface area contributed by atoms with Crippen molar-refractivity contribution in [3.05, 3.63) is 53.4 Å². The summed E-state index contributed by atoms with van der Waals surface area (Å²) in [6.07, 6.45) is 4.91. The van der Waals surface area contributed by atoms with E-state index >= 15 is 0 Å². The second kappa shape index (κ2) is 8.21. The first-order valence-corrected chi connectivity index (χ1v) is 11.0. The van der Waals surface area contributed by atoms with Gasteiger partial charge in [0.25, 0.3) is 5.91 Å². The van der Waals surface area contributed by atoms with E-state index in [0.717, 1.165) is 45.4 Å². The summed E-state index contributed by atoms with van der Waals surface area (Å²) in [6.45, 7) is 3.79. The van der Waals surface area contributed by atoms with Crippen molar-refractivity contribution in [2.75, 3.05) is 37.4 Å². The molecule has 0 bridgehead atoms. The van der Waals surface area contributed by atoms with Gasteiger partial charge in [0.05, 0.1) is 11.2 Å². The number of likely N-dealkylation sites (N-methyl/N-ethyl adjacent to an activating group) is 1. The Hall–Kier alpha value is -3.50. The molecule has 1 fully saturated rings. The molecule has 1 N–H and O–H groups in total. The maximum Gasteiger partial charge on any atom is 0.256 e. The molecule has 1 saturated heterocycles. The number of nitrogens with one attached hydrogen (secondary N) is 1. The Morgan fingerprint density at radius 3 is 2.66 bits per heavy atom. The molecule has 162 valence electrons. The fourth-order valence-corrected chi connectivity index (χ4v) is 4.28. The average Bonchev–Trinajstić information content (AvgIpc) is 3.18. The second-order valence-corrected chi connectivity index (χ2v) is 9.14. The summed E-state index contributed by atoms with van der Waals surface area (Å²) >= 11 is 1.52. The zero-order valence-electron chi connectivity index (χ0n) is 18.0. The SMILES string of the molecule is Cc1nnc(-c2nc3cc(NC(=O)c4ccncc4)ncc3cc2N2CC(N(C)C)C2)s1. The topological polar surface area (TPSA) is 100 Å². The third-order valence-corrected chi connectivity index (χ3v) is 6.37. The first kappa shape index (κ1) is 20.4. The van der Waals surface area contributed by atoms with Gasteiger partial charge in [-0.25, -0.2) is 9.97 Å². The molecule has 0 atom stereocenters. The minimum atomic E-state index is -0.244. The number of aromatic nitrogens is 5. The molecular formula is C22H22N8OS. The molecule has 1 aliphatic heterocycles. The Kier molecular flexibility index (Phi) is 5.24. The van der Waals surface area contributed by atoms with Crippen molar-refractivity contribution >= 4 is 39.7 Å². The summed E-state index contributed by atoms with van der Waals surface area (Å²) in [7, 11) is 4.20. The van der Waals surface area contributed by atoms with E-state index in [1.807, 2.05) is 6.92 Å². The van der Waals surface area contributed by atoms with Crippen LogP contribution in [0.2, 0.25) is 0 Å². The van der Waals surface area contributed by atoms with Crippen LogP contribution in [-0.4, -0.2) is 69.2 Å². The van der Waals surface area contributed by atoms with Gasteiger partial charge in [-0.05, 0) is 39.2 Å². The summed E-state index contributed by atoms with van der Waals surface area (Å²) in [5.74, 6) is 0.196. The van der Waals surface area contributed by atoms with Crippen molar-refractivity contribution in [3.8, 4) is 10.7 Å². The smallest absolute Gasteiger partial charge is 0.256 e. The lowest BCUT2D eigenvalue weighted by Gasteiger charge is -2.44. The number of rotatable bonds is 5. The number of hydrogen-bond donors (Lipinski definition) is 1. The lowest BCUT2D eigenvalue weighted by atomic mass is 10.1. The first-order valence-electron chi connectivity index (χ1n) is 10.2. The van der Waals surface area contributed by atoms with Gasteiger partial charge in [0.2, 0.25) is 0 Å². The number of pyridine rings is 3. The largest absolute Gasteiger partial charge is 0.366 e. The van der Waals surface area contributed by atoms with Gasteiger partial charge < -0.3 is 15.1 Å². The highest BCUT2D eigenvalue weighted by molar-refractivity contribution is 7.14. The Labute approximate surface area is 189 Å². The number of fused-ring (bicyclic) bond motifs is 1. The average molecular weight is 447 g/mol. The summed E-state index contributed by atoms with van der Waals surface area (Å²) < 4.78 is 0. The van der Waals surface area contributed by atoms with Crippen molar-refractivity contribution < 1.29 is 4.79 Å².